The summed E-state index contributed by atoms with van der Waals surface area (Å²) in [7, 11) is 0. The maximum Gasteiger partial charge on any atom is 0.408 e. The molecule has 1 aliphatic rings. The fraction of sp³-hybridized carbons (Fsp3) is 0.727. The van der Waals surface area contributed by atoms with Crippen molar-refractivity contribution < 1.29 is 38.0 Å². The predicted molar refractivity (Wildman–Crippen MR) is 120 cm³/mol. The number of rotatable bonds is 9. The van der Waals surface area contributed by atoms with E-state index in [1.54, 1.807) is 41.5 Å². The van der Waals surface area contributed by atoms with E-state index >= 15 is 0 Å². The number of nitrogens with zero attached hydrogens (tertiary/aromatic N) is 2. The normalized spacial score (nSPS) is 21.1. The van der Waals surface area contributed by atoms with Crippen molar-refractivity contribution >= 4 is 12.1 Å². The van der Waals surface area contributed by atoms with Crippen LogP contribution in [0.5, 0.6) is 0 Å². The van der Waals surface area contributed by atoms with Gasteiger partial charge in [0.25, 0.3) is 5.56 Å². The van der Waals surface area contributed by atoms with E-state index < -0.39 is 71.9 Å². The Morgan fingerprint density at radius 3 is 2.51 bits per heavy atom. The highest BCUT2D eigenvalue weighted by atomic mass is 19.1. The summed E-state index contributed by atoms with van der Waals surface area (Å²) in [5.41, 5.74) is -3.07. The number of carbonyl (C=O) groups is 2. The summed E-state index contributed by atoms with van der Waals surface area (Å²) >= 11 is 0. The number of aliphatic hydroxyl groups excluding tert-OH is 1. The van der Waals surface area contributed by atoms with Crippen molar-refractivity contribution in [3.63, 3.8) is 0 Å². The van der Waals surface area contributed by atoms with Crippen LogP contribution in [-0.2, 0) is 30.5 Å². The second-order valence-corrected chi connectivity index (χ2v) is 9.40. The number of alkyl carbamates (subject to hydrolysis) is 1. The summed E-state index contributed by atoms with van der Waals surface area (Å²) in [5.74, 6) is -2.63. The second kappa shape index (κ2) is 11.8. The van der Waals surface area contributed by atoms with Gasteiger partial charge in [-0.05, 0) is 33.6 Å². The highest BCUT2D eigenvalue weighted by molar-refractivity contribution is 5.81. The largest absolute Gasteiger partial charge is 0.444 e. The Balaban J connectivity index is 2.22. The number of amides is 1. The quantitative estimate of drug-likeness (QED) is 0.469. The highest BCUT2D eigenvalue weighted by Crippen LogP contribution is 2.29. The van der Waals surface area contributed by atoms with Gasteiger partial charge in [-0.15, -0.1) is 0 Å². The molecular formula is C22H34FN3O9. The average molecular weight is 504 g/mol. The third kappa shape index (κ3) is 7.36. The van der Waals surface area contributed by atoms with Gasteiger partial charge in [0.15, 0.2) is 6.73 Å². The smallest absolute Gasteiger partial charge is 0.408 e. The van der Waals surface area contributed by atoms with E-state index in [-0.39, 0.29) is 13.0 Å². The van der Waals surface area contributed by atoms with Crippen molar-refractivity contribution in [3.05, 3.63) is 32.9 Å². The first-order chi connectivity index (χ1) is 16.3. The fourth-order valence-electron chi connectivity index (χ4n) is 3.48. The Kier molecular flexibility index (Phi) is 9.58. The van der Waals surface area contributed by atoms with Crippen molar-refractivity contribution in [3.8, 4) is 0 Å². The van der Waals surface area contributed by atoms with E-state index in [1.807, 2.05) is 0 Å². The molecule has 1 amide bonds. The Morgan fingerprint density at radius 1 is 1.31 bits per heavy atom. The van der Waals surface area contributed by atoms with Crippen LogP contribution in [0.25, 0.3) is 0 Å². The first-order valence-corrected chi connectivity index (χ1v) is 11.3. The number of aliphatic hydroxyl groups is 1. The van der Waals surface area contributed by atoms with E-state index in [2.05, 4.69) is 5.32 Å². The maximum atomic E-state index is 14.4. The Morgan fingerprint density at radius 2 is 1.97 bits per heavy atom. The molecule has 0 saturated carbocycles. The SMILES string of the molecule is CCO[C@H]1C[C@H](n2cc(F)c(=O)n(COC(=O)[C@@H](NC(=O)OC(C)(C)C)C(C)C)c2=O)O[C@@H]1CO. The summed E-state index contributed by atoms with van der Waals surface area (Å²) in [6.45, 7) is 9.09. The summed E-state index contributed by atoms with van der Waals surface area (Å²) in [6.07, 6.45) is -2.29. The molecule has 2 rings (SSSR count). The molecule has 198 valence electrons. The molecule has 0 unspecified atom stereocenters. The average Bonchev–Trinajstić information content (AvgIpc) is 3.15. The zero-order valence-electron chi connectivity index (χ0n) is 20.8. The molecule has 0 radical (unpaired) electrons. The minimum absolute atomic E-state index is 0.131. The topological polar surface area (TPSA) is 147 Å². The van der Waals surface area contributed by atoms with Gasteiger partial charge in [-0.2, -0.15) is 4.39 Å². The van der Waals surface area contributed by atoms with Gasteiger partial charge in [0.05, 0.1) is 18.9 Å². The van der Waals surface area contributed by atoms with E-state index in [0.29, 0.717) is 17.4 Å². The number of nitrogens with one attached hydrogen (secondary N) is 1. The first-order valence-electron chi connectivity index (χ1n) is 11.3. The second-order valence-electron chi connectivity index (χ2n) is 9.40. The lowest BCUT2D eigenvalue weighted by atomic mass is 10.1. The van der Waals surface area contributed by atoms with Crippen LogP contribution in [0.1, 0.15) is 54.2 Å². The highest BCUT2D eigenvalue weighted by Gasteiger charge is 2.37. The molecule has 1 aromatic heterocycles. The van der Waals surface area contributed by atoms with Crippen LogP contribution in [-0.4, -0.2) is 63.4 Å². The van der Waals surface area contributed by atoms with Crippen LogP contribution < -0.4 is 16.6 Å². The molecular weight excluding hydrogens is 469 g/mol. The molecule has 2 heterocycles. The monoisotopic (exact) mass is 503 g/mol. The van der Waals surface area contributed by atoms with Gasteiger partial charge in [-0.1, -0.05) is 13.8 Å². The van der Waals surface area contributed by atoms with Crippen molar-refractivity contribution in [2.75, 3.05) is 13.2 Å². The number of esters is 1. The number of ether oxygens (including phenoxy) is 4. The van der Waals surface area contributed by atoms with Crippen molar-refractivity contribution in [1.29, 1.82) is 0 Å². The van der Waals surface area contributed by atoms with Crippen LogP contribution in [0.15, 0.2) is 15.8 Å². The van der Waals surface area contributed by atoms with Gasteiger partial charge in [0, 0.05) is 13.0 Å². The molecule has 1 saturated heterocycles. The summed E-state index contributed by atoms with van der Waals surface area (Å²) in [5, 5.41) is 11.9. The Labute approximate surface area is 201 Å². The van der Waals surface area contributed by atoms with Crippen molar-refractivity contribution in [2.45, 2.75) is 84.8 Å². The van der Waals surface area contributed by atoms with Crippen LogP contribution in [0, 0.1) is 11.7 Å². The van der Waals surface area contributed by atoms with Gasteiger partial charge in [0.1, 0.15) is 24.0 Å². The van der Waals surface area contributed by atoms with Gasteiger partial charge >= 0.3 is 17.8 Å². The molecule has 2 N–H and O–H groups in total. The first kappa shape index (κ1) is 28.5. The molecule has 1 fully saturated rings. The number of hydrogen-bond donors (Lipinski definition) is 2. The van der Waals surface area contributed by atoms with Crippen LogP contribution >= 0.6 is 0 Å². The molecule has 1 aliphatic heterocycles. The maximum absolute atomic E-state index is 14.4. The van der Waals surface area contributed by atoms with Crippen molar-refractivity contribution in [1.82, 2.24) is 14.5 Å². The van der Waals surface area contributed by atoms with E-state index in [9.17, 15) is 28.7 Å². The van der Waals surface area contributed by atoms with Crippen LogP contribution in [0.3, 0.4) is 0 Å². The fourth-order valence-corrected chi connectivity index (χ4v) is 3.48. The van der Waals surface area contributed by atoms with Gasteiger partial charge in [0.2, 0.25) is 5.82 Å². The van der Waals surface area contributed by atoms with E-state index in [1.165, 1.54) is 0 Å². The molecule has 35 heavy (non-hydrogen) atoms. The lowest BCUT2D eigenvalue weighted by molar-refractivity contribution is -0.151. The summed E-state index contributed by atoms with van der Waals surface area (Å²) < 4.78 is 37.0. The summed E-state index contributed by atoms with van der Waals surface area (Å²) in [4.78, 5) is 49.9. The van der Waals surface area contributed by atoms with Crippen LogP contribution in [0.4, 0.5) is 9.18 Å². The summed E-state index contributed by atoms with van der Waals surface area (Å²) in [6, 6.07) is -1.15. The minimum Gasteiger partial charge on any atom is -0.444 e. The molecule has 4 atom stereocenters. The van der Waals surface area contributed by atoms with E-state index in [0.717, 1.165) is 4.57 Å². The number of hydrogen-bond acceptors (Lipinski definition) is 9. The number of halogens is 1. The Hall–Kier alpha value is -2.77. The lowest BCUT2D eigenvalue weighted by Crippen LogP contribution is -2.48. The molecule has 0 aromatic carbocycles. The molecule has 0 aliphatic carbocycles. The van der Waals surface area contributed by atoms with Crippen LogP contribution in [0.2, 0.25) is 0 Å². The molecule has 1 aromatic rings. The number of carbonyl (C=O) groups excluding carboxylic acids is 2. The minimum atomic E-state index is -1.29. The third-order valence-electron chi connectivity index (χ3n) is 5.13. The zero-order valence-corrected chi connectivity index (χ0v) is 20.8. The van der Waals surface area contributed by atoms with Gasteiger partial charge in [-0.25, -0.2) is 19.0 Å². The van der Waals surface area contributed by atoms with E-state index in [4.69, 9.17) is 18.9 Å². The molecule has 0 bridgehead atoms. The Bertz CT molecular complexity index is 1010. The molecule has 0 spiro atoms. The van der Waals surface area contributed by atoms with Crippen molar-refractivity contribution in [2.24, 2.45) is 5.92 Å². The predicted octanol–water partition coefficient (Wildman–Crippen LogP) is 0.884. The molecule has 12 nitrogen and oxygen atoms in total. The van der Waals surface area contributed by atoms with Gasteiger partial charge in [-0.3, -0.25) is 9.36 Å². The standard InChI is InChI=1S/C22H34FN3O9/c1-7-32-14-8-16(34-15(14)10-27)25-9-13(23)18(28)26(21(25)31)11-33-19(29)17(12(2)3)24-20(30)35-22(4,5)6/h9,12,14-17,27H,7-8,10-11H2,1-6H3,(H,24,30)/t14-,15+,16+,17-/m0/s1. The van der Waals surface area contributed by atoms with Gasteiger partial charge < -0.3 is 29.4 Å². The third-order valence-corrected chi connectivity index (χ3v) is 5.13. The number of aromatic nitrogens is 2. The lowest BCUT2D eigenvalue weighted by Gasteiger charge is -2.24. The molecule has 13 heteroatoms. The zero-order chi connectivity index (χ0) is 26.5.